The number of nitrogens with zero attached hydrogens (tertiary/aromatic N) is 6. The maximum absolute atomic E-state index is 13.8. The molecule has 2 aliphatic carbocycles. The molecule has 0 aliphatic heterocycles. The first-order valence-corrected chi connectivity index (χ1v) is 12.2. The van der Waals surface area contributed by atoms with Crippen LogP contribution in [0.5, 0.6) is 5.75 Å². The summed E-state index contributed by atoms with van der Waals surface area (Å²) in [6, 6.07) is 3.67. The molecule has 2 N–H and O–H groups in total. The molecule has 2 aliphatic rings. The Balaban J connectivity index is 1.25. The fourth-order valence-electron chi connectivity index (χ4n) is 5.01. The van der Waals surface area contributed by atoms with Crippen LogP contribution in [-0.2, 0) is 18.4 Å². The third-order valence-corrected chi connectivity index (χ3v) is 7.04. The Hall–Kier alpha value is -3.57. The molecule has 11 nitrogen and oxygen atoms in total. The molecule has 0 amide bonds. The minimum absolute atomic E-state index is 0.0477. The van der Waals surface area contributed by atoms with Crippen molar-refractivity contribution >= 4 is 11.9 Å². The number of aromatic nitrogens is 6. The first-order chi connectivity index (χ1) is 17.2. The fourth-order valence-corrected chi connectivity index (χ4v) is 5.01. The van der Waals surface area contributed by atoms with Crippen molar-refractivity contribution in [3.05, 3.63) is 29.4 Å². The fraction of sp³-hybridized carbons (Fsp3) is 0.583. The number of pyridine rings is 1. The molecule has 3 aromatic heterocycles. The lowest BCUT2D eigenvalue weighted by molar-refractivity contribution is -0.143. The number of anilines is 1. The highest BCUT2D eigenvalue weighted by molar-refractivity contribution is 5.70. The van der Waals surface area contributed by atoms with E-state index in [0.717, 1.165) is 18.5 Å². The van der Waals surface area contributed by atoms with Gasteiger partial charge in [0.25, 0.3) is 5.95 Å². The highest BCUT2D eigenvalue weighted by atomic mass is 19.1. The normalized spacial score (nSPS) is 25.8. The quantitative estimate of drug-likeness (QED) is 0.470. The molecule has 0 unspecified atom stereocenters. The van der Waals surface area contributed by atoms with E-state index in [1.807, 2.05) is 19.1 Å². The molecule has 0 spiro atoms. The largest absolute Gasteiger partial charge is 0.489 e. The second-order valence-electron chi connectivity index (χ2n) is 10.1. The molecule has 3 heterocycles. The highest BCUT2D eigenvalue weighted by Crippen LogP contribution is 2.46. The van der Waals surface area contributed by atoms with Crippen LogP contribution >= 0.6 is 0 Å². The number of carboxylic acid groups (broad SMARTS) is 1. The molecule has 36 heavy (non-hydrogen) atoms. The van der Waals surface area contributed by atoms with E-state index in [-0.39, 0.29) is 17.9 Å². The van der Waals surface area contributed by atoms with Crippen molar-refractivity contribution in [1.82, 2.24) is 30.1 Å². The molecule has 192 valence electrons. The van der Waals surface area contributed by atoms with Crippen LogP contribution in [0.4, 0.5) is 10.3 Å². The summed E-state index contributed by atoms with van der Waals surface area (Å²) in [7, 11) is 1.79. The molecule has 2 fully saturated rings. The Bertz CT molecular complexity index is 1250. The standard InChI is InChI=1S/C24H30FN7O4/c1-13-19(35-16-6-4-5-14(9-16)22(33)34)8-7-17(27-13)20-18(32(3)31-29-20)12-26-23-28-21(36-30-23)15-10-24(2,25)11-15/h7-8,14-16H,4-6,9-12H2,1-3H3,(H,26,30)(H,33,34)/t14-,15?,16-,24?/m0/s1. The molecular formula is C24H30FN7O4. The van der Waals surface area contributed by atoms with Gasteiger partial charge in [-0.25, -0.2) is 14.1 Å². The lowest BCUT2D eigenvalue weighted by Gasteiger charge is -2.36. The summed E-state index contributed by atoms with van der Waals surface area (Å²) in [6.07, 6.45) is 3.49. The average Bonchev–Trinajstić information content (AvgIpc) is 3.44. The number of rotatable bonds is 8. The SMILES string of the molecule is Cc1nc(-c2nnn(C)c2CNc2noc(C3CC(C)(F)C3)n2)ccc1O[C@H]1CCC[C@H](C(=O)O)C1. The summed E-state index contributed by atoms with van der Waals surface area (Å²) in [5.41, 5.74) is 1.56. The predicted octanol–water partition coefficient (Wildman–Crippen LogP) is 3.81. The number of carboxylic acids is 1. The van der Waals surface area contributed by atoms with Gasteiger partial charge in [-0.05, 0) is 69.7 Å². The van der Waals surface area contributed by atoms with E-state index in [9.17, 15) is 14.3 Å². The van der Waals surface area contributed by atoms with E-state index in [1.165, 1.54) is 0 Å². The number of aryl methyl sites for hydroxylation is 2. The average molecular weight is 500 g/mol. The van der Waals surface area contributed by atoms with Gasteiger partial charge in [0, 0.05) is 13.0 Å². The zero-order valence-electron chi connectivity index (χ0n) is 20.6. The summed E-state index contributed by atoms with van der Waals surface area (Å²) < 4.78 is 26.9. The number of aliphatic carboxylic acids is 1. The predicted molar refractivity (Wildman–Crippen MR) is 126 cm³/mol. The Morgan fingerprint density at radius 3 is 2.86 bits per heavy atom. The Morgan fingerprint density at radius 1 is 1.33 bits per heavy atom. The van der Waals surface area contributed by atoms with Crippen LogP contribution in [0, 0.1) is 12.8 Å². The maximum atomic E-state index is 13.8. The van der Waals surface area contributed by atoms with Gasteiger partial charge in [-0.1, -0.05) is 5.21 Å². The number of ether oxygens (including phenoxy) is 1. The number of hydrogen-bond acceptors (Lipinski definition) is 9. The number of halogens is 1. The van der Waals surface area contributed by atoms with E-state index in [2.05, 4.69) is 30.8 Å². The Morgan fingerprint density at radius 2 is 2.14 bits per heavy atom. The van der Waals surface area contributed by atoms with E-state index in [0.29, 0.717) is 66.9 Å². The van der Waals surface area contributed by atoms with Crippen LogP contribution in [0.1, 0.15) is 68.6 Å². The first kappa shape index (κ1) is 24.1. The van der Waals surface area contributed by atoms with Gasteiger partial charge in [0.1, 0.15) is 17.1 Å². The summed E-state index contributed by atoms with van der Waals surface area (Å²) in [6.45, 7) is 3.77. The number of alkyl halides is 1. The third kappa shape index (κ3) is 5.02. The first-order valence-electron chi connectivity index (χ1n) is 12.2. The lowest BCUT2D eigenvalue weighted by atomic mass is 9.73. The highest BCUT2D eigenvalue weighted by Gasteiger charge is 2.44. The molecule has 12 heteroatoms. The van der Waals surface area contributed by atoms with Gasteiger partial charge in [0.2, 0.25) is 5.89 Å². The molecule has 0 bridgehead atoms. The van der Waals surface area contributed by atoms with Crippen LogP contribution in [0.25, 0.3) is 11.4 Å². The van der Waals surface area contributed by atoms with Gasteiger partial charge in [-0.3, -0.25) is 4.79 Å². The summed E-state index contributed by atoms with van der Waals surface area (Å²) >= 11 is 0. The third-order valence-electron chi connectivity index (χ3n) is 7.04. The van der Waals surface area contributed by atoms with E-state index in [1.54, 1.807) is 18.7 Å². The lowest BCUT2D eigenvalue weighted by Crippen LogP contribution is -2.35. The Labute approximate surface area is 207 Å². The number of nitrogens with one attached hydrogen (secondary N) is 1. The van der Waals surface area contributed by atoms with Crippen molar-refractivity contribution in [2.24, 2.45) is 13.0 Å². The van der Waals surface area contributed by atoms with Gasteiger partial charge in [-0.15, -0.1) is 5.10 Å². The van der Waals surface area contributed by atoms with Crippen molar-refractivity contribution in [1.29, 1.82) is 0 Å². The Kier molecular flexibility index (Phi) is 6.35. The summed E-state index contributed by atoms with van der Waals surface area (Å²) in [5.74, 6) is 0.228. The molecule has 0 aromatic carbocycles. The van der Waals surface area contributed by atoms with Crippen molar-refractivity contribution in [3.63, 3.8) is 0 Å². The topological polar surface area (TPSA) is 141 Å². The van der Waals surface area contributed by atoms with Crippen LogP contribution in [0.2, 0.25) is 0 Å². The second kappa shape index (κ2) is 9.47. The molecular weight excluding hydrogens is 469 g/mol. The van der Waals surface area contributed by atoms with E-state index >= 15 is 0 Å². The van der Waals surface area contributed by atoms with Gasteiger partial charge in [0.05, 0.1) is 35.6 Å². The van der Waals surface area contributed by atoms with E-state index < -0.39 is 11.6 Å². The van der Waals surface area contributed by atoms with Gasteiger partial charge < -0.3 is 19.7 Å². The van der Waals surface area contributed by atoms with Crippen molar-refractivity contribution < 1.29 is 23.6 Å². The minimum atomic E-state index is -1.16. The molecule has 0 radical (unpaired) electrons. The zero-order valence-corrected chi connectivity index (χ0v) is 20.6. The van der Waals surface area contributed by atoms with Gasteiger partial charge in [0.15, 0.2) is 0 Å². The zero-order chi connectivity index (χ0) is 25.4. The van der Waals surface area contributed by atoms with Gasteiger partial charge >= 0.3 is 5.97 Å². The van der Waals surface area contributed by atoms with Crippen LogP contribution in [0.3, 0.4) is 0 Å². The van der Waals surface area contributed by atoms with Gasteiger partial charge in [-0.2, -0.15) is 4.98 Å². The van der Waals surface area contributed by atoms with Crippen molar-refractivity contribution in [2.75, 3.05) is 5.32 Å². The summed E-state index contributed by atoms with van der Waals surface area (Å²) in [5, 5.41) is 24.8. The van der Waals surface area contributed by atoms with Crippen molar-refractivity contribution in [3.8, 4) is 17.1 Å². The van der Waals surface area contributed by atoms with Crippen LogP contribution in [-0.4, -0.2) is 53.0 Å². The molecule has 0 saturated heterocycles. The smallest absolute Gasteiger partial charge is 0.306 e. The molecule has 5 rings (SSSR count). The monoisotopic (exact) mass is 499 g/mol. The molecule has 2 atom stereocenters. The molecule has 3 aromatic rings. The number of hydrogen-bond donors (Lipinski definition) is 2. The van der Waals surface area contributed by atoms with E-state index in [4.69, 9.17) is 9.26 Å². The van der Waals surface area contributed by atoms with Crippen LogP contribution in [0.15, 0.2) is 16.7 Å². The number of carbonyl (C=O) groups is 1. The minimum Gasteiger partial charge on any atom is -0.489 e. The summed E-state index contributed by atoms with van der Waals surface area (Å²) in [4.78, 5) is 20.4. The molecule has 2 saturated carbocycles. The second-order valence-corrected chi connectivity index (χ2v) is 10.1. The maximum Gasteiger partial charge on any atom is 0.306 e. The van der Waals surface area contributed by atoms with Crippen molar-refractivity contribution in [2.45, 2.75) is 76.6 Å². The van der Waals surface area contributed by atoms with Crippen LogP contribution < -0.4 is 10.1 Å².